The number of hydrogen-bond donors (Lipinski definition) is 0. The smallest absolute Gasteiger partial charge is 0.0628 e. The molecular formula is C5H5N2-. The normalized spacial score (nSPS) is 8.57. The van der Waals surface area contributed by atoms with E-state index in [0.29, 0.717) is 5.82 Å². The molecule has 0 radical (unpaired) electrons. The van der Waals surface area contributed by atoms with Gasteiger partial charge in [0, 0.05) is 0 Å². The highest BCUT2D eigenvalue weighted by Crippen LogP contribution is 1.99. The van der Waals surface area contributed by atoms with Crippen LogP contribution in [0, 0.1) is 0 Å². The van der Waals surface area contributed by atoms with Crippen LogP contribution in [0.5, 0.6) is 0 Å². The van der Waals surface area contributed by atoms with Crippen LogP contribution < -0.4 is 0 Å². The van der Waals surface area contributed by atoms with Crippen LogP contribution in [0.2, 0.25) is 0 Å². The van der Waals surface area contributed by atoms with Gasteiger partial charge in [0.2, 0.25) is 0 Å². The summed E-state index contributed by atoms with van der Waals surface area (Å²) in [6.07, 6.45) is 1.60. The number of hydrogen-bond acceptors (Lipinski definition) is 1. The van der Waals surface area contributed by atoms with Gasteiger partial charge in [0.1, 0.15) is 0 Å². The molecule has 1 aromatic rings. The van der Waals surface area contributed by atoms with E-state index in [4.69, 9.17) is 5.73 Å². The third kappa shape index (κ3) is 0.892. The van der Waals surface area contributed by atoms with Crippen LogP contribution in [0.4, 0.5) is 5.82 Å². The highest BCUT2D eigenvalue weighted by Gasteiger charge is 1.62. The molecule has 0 saturated carbocycles. The molecule has 1 rings (SSSR count). The molecule has 2 nitrogen and oxygen atoms in total. The summed E-state index contributed by atoms with van der Waals surface area (Å²) in [7, 11) is 0. The fourth-order valence-electron chi connectivity index (χ4n) is 0.363. The Labute approximate surface area is 42.0 Å². The Hall–Kier alpha value is -1.05. The lowest BCUT2D eigenvalue weighted by atomic mass is 10.5. The predicted molar refractivity (Wildman–Crippen MR) is 28.2 cm³/mol. The predicted octanol–water partition coefficient (Wildman–Crippen LogP) is 1.77. The van der Waals surface area contributed by atoms with Gasteiger partial charge in [-0.25, -0.2) is 0 Å². The van der Waals surface area contributed by atoms with Gasteiger partial charge in [0.15, 0.2) is 0 Å². The van der Waals surface area contributed by atoms with Crippen LogP contribution in [-0.2, 0) is 0 Å². The van der Waals surface area contributed by atoms with Crippen molar-refractivity contribution in [2.45, 2.75) is 0 Å². The first-order valence-corrected chi connectivity index (χ1v) is 2.02. The van der Waals surface area contributed by atoms with E-state index < -0.39 is 0 Å². The fourth-order valence-corrected chi connectivity index (χ4v) is 0.363. The quantitative estimate of drug-likeness (QED) is 0.481. The number of rotatable bonds is 0. The van der Waals surface area contributed by atoms with Crippen molar-refractivity contribution in [2.24, 2.45) is 0 Å². The number of pyridine rings is 1. The third-order valence-corrected chi connectivity index (χ3v) is 0.665. The van der Waals surface area contributed by atoms with Gasteiger partial charge in [-0.2, -0.15) is 0 Å². The van der Waals surface area contributed by atoms with E-state index in [9.17, 15) is 0 Å². The molecule has 0 saturated heterocycles. The van der Waals surface area contributed by atoms with Crippen LogP contribution in [0.15, 0.2) is 24.4 Å². The van der Waals surface area contributed by atoms with Crippen molar-refractivity contribution in [1.29, 1.82) is 0 Å². The maximum Gasteiger partial charge on any atom is -0.0628 e. The summed E-state index contributed by atoms with van der Waals surface area (Å²) >= 11 is 0. The molecule has 1 aromatic heterocycles. The van der Waals surface area contributed by atoms with Crippen molar-refractivity contribution in [3.8, 4) is 0 Å². The third-order valence-electron chi connectivity index (χ3n) is 0.665. The Bertz CT molecular complexity index is 136. The summed E-state index contributed by atoms with van der Waals surface area (Å²) in [6.45, 7) is 0. The minimum Gasteiger partial charge on any atom is -0.482 e. The van der Waals surface area contributed by atoms with Gasteiger partial charge >= 0.3 is 0 Å². The SMILES string of the molecule is [NH-]c1ccccn1. The van der Waals surface area contributed by atoms with Crippen LogP contribution in [0.3, 0.4) is 0 Å². The molecule has 0 fully saturated rings. The van der Waals surface area contributed by atoms with Crippen molar-refractivity contribution in [3.05, 3.63) is 30.1 Å². The van der Waals surface area contributed by atoms with Gasteiger partial charge in [0.25, 0.3) is 0 Å². The van der Waals surface area contributed by atoms with Crippen LogP contribution in [-0.4, -0.2) is 4.98 Å². The van der Waals surface area contributed by atoms with E-state index in [-0.39, 0.29) is 0 Å². The van der Waals surface area contributed by atoms with Gasteiger partial charge in [-0.3, -0.25) is 0 Å². The van der Waals surface area contributed by atoms with Crippen molar-refractivity contribution in [3.63, 3.8) is 0 Å². The summed E-state index contributed by atoms with van der Waals surface area (Å²) in [4.78, 5) is 3.65. The van der Waals surface area contributed by atoms with Crippen LogP contribution >= 0.6 is 0 Å². The molecule has 1 N–H and O–H groups in total. The Morgan fingerprint density at radius 1 is 1.43 bits per heavy atom. The van der Waals surface area contributed by atoms with E-state index in [1.54, 1.807) is 24.4 Å². The number of nitrogens with zero attached hydrogens (tertiary/aromatic N) is 1. The standard InChI is InChI=1S/C5H5N2/c6-5-3-1-2-4-7-5/h1-4H,(H-,6,7)/q-1. The van der Waals surface area contributed by atoms with Crippen molar-refractivity contribution in [2.75, 3.05) is 0 Å². The molecule has 0 atom stereocenters. The minimum absolute atomic E-state index is 0.322. The average molecular weight is 93.1 g/mol. The fraction of sp³-hybridized carbons (Fsp3) is 0. The van der Waals surface area contributed by atoms with Gasteiger partial charge < -0.3 is 10.7 Å². The number of nitrogens with one attached hydrogen (secondary N) is 1. The Morgan fingerprint density at radius 2 is 2.29 bits per heavy atom. The first kappa shape index (κ1) is 4.12. The second-order valence-corrected chi connectivity index (χ2v) is 1.21. The topological polar surface area (TPSA) is 36.7 Å². The lowest BCUT2D eigenvalue weighted by Gasteiger charge is -1.95. The molecule has 1 heterocycles. The second-order valence-electron chi connectivity index (χ2n) is 1.21. The number of aromatic nitrogens is 1. The molecule has 0 aliphatic rings. The summed E-state index contributed by atoms with van der Waals surface area (Å²) in [6, 6.07) is 5.22. The van der Waals surface area contributed by atoms with Crippen molar-refractivity contribution < 1.29 is 0 Å². The average Bonchev–Trinajstić information content (AvgIpc) is 1.69. The van der Waals surface area contributed by atoms with E-state index in [1.807, 2.05) is 0 Å². The summed E-state index contributed by atoms with van der Waals surface area (Å²) < 4.78 is 0. The Morgan fingerprint density at radius 3 is 2.57 bits per heavy atom. The maximum atomic E-state index is 6.88. The molecule has 2 heteroatoms. The van der Waals surface area contributed by atoms with Gasteiger partial charge in [-0.15, -0.1) is 0 Å². The molecular weight excluding hydrogens is 88.1 g/mol. The molecule has 7 heavy (non-hydrogen) atoms. The maximum absolute atomic E-state index is 6.88. The first-order valence-electron chi connectivity index (χ1n) is 2.02. The van der Waals surface area contributed by atoms with Crippen LogP contribution in [0.1, 0.15) is 0 Å². The molecule has 0 amide bonds. The highest BCUT2D eigenvalue weighted by atomic mass is 14.8. The van der Waals surface area contributed by atoms with Crippen molar-refractivity contribution >= 4 is 5.82 Å². The molecule has 0 spiro atoms. The zero-order chi connectivity index (χ0) is 5.11. The molecule has 0 bridgehead atoms. The molecule has 0 aromatic carbocycles. The Kier molecular flexibility index (Phi) is 0.941. The van der Waals surface area contributed by atoms with E-state index >= 15 is 0 Å². The molecule has 0 aliphatic heterocycles. The van der Waals surface area contributed by atoms with Gasteiger partial charge in [-0.05, 0) is 0 Å². The van der Waals surface area contributed by atoms with Gasteiger partial charge in [0.05, 0.1) is 0 Å². The summed E-state index contributed by atoms with van der Waals surface area (Å²) in [5.41, 5.74) is 6.88. The lowest BCUT2D eigenvalue weighted by molar-refractivity contribution is 1.36. The lowest BCUT2D eigenvalue weighted by Crippen LogP contribution is -1.63. The molecule has 36 valence electrons. The summed E-state index contributed by atoms with van der Waals surface area (Å²) in [5, 5.41) is 0. The monoisotopic (exact) mass is 93.0 g/mol. The molecule has 0 unspecified atom stereocenters. The van der Waals surface area contributed by atoms with Crippen LogP contribution in [0.25, 0.3) is 5.73 Å². The van der Waals surface area contributed by atoms with Gasteiger partial charge in [-0.1, -0.05) is 30.2 Å². The summed E-state index contributed by atoms with van der Waals surface area (Å²) in [5.74, 6) is 0.322. The first-order chi connectivity index (χ1) is 3.39. The molecule has 0 aliphatic carbocycles. The van der Waals surface area contributed by atoms with E-state index in [0.717, 1.165) is 0 Å². The zero-order valence-electron chi connectivity index (χ0n) is 3.76. The van der Waals surface area contributed by atoms with Crippen molar-refractivity contribution in [1.82, 2.24) is 4.98 Å². The van der Waals surface area contributed by atoms with E-state index in [1.165, 1.54) is 0 Å². The largest absolute Gasteiger partial charge is 0.482 e. The zero-order valence-corrected chi connectivity index (χ0v) is 3.76. The van der Waals surface area contributed by atoms with E-state index in [2.05, 4.69) is 4.98 Å². The highest BCUT2D eigenvalue weighted by molar-refractivity contribution is 5.30. The minimum atomic E-state index is 0.322. The Balaban J connectivity index is 3.02. The second kappa shape index (κ2) is 1.60.